The van der Waals surface area contributed by atoms with Crippen LogP contribution in [-0.4, -0.2) is 35.0 Å². The van der Waals surface area contributed by atoms with Gasteiger partial charge in [-0.2, -0.15) is 0 Å². The van der Waals surface area contributed by atoms with Crippen LogP contribution >= 0.6 is 0 Å². The first-order valence-electron chi connectivity index (χ1n) is 6.96. The highest BCUT2D eigenvalue weighted by Crippen LogP contribution is 2.38. The van der Waals surface area contributed by atoms with E-state index in [0.717, 1.165) is 12.8 Å². The highest BCUT2D eigenvalue weighted by atomic mass is 16.4. The lowest BCUT2D eigenvalue weighted by Gasteiger charge is -2.42. The van der Waals surface area contributed by atoms with Gasteiger partial charge in [0.15, 0.2) is 5.76 Å². The van der Waals surface area contributed by atoms with E-state index < -0.39 is 5.97 Å². The van der Waals surface area contributed by atoms with Crippen molar-refractivity contribution in [1.29, 1.82) is 0 Å². The Hall–Kier alpha value is -1.78. The van der Waals surface area contributed by atoms with Crippen LogP contribution in [0.25, 0.3) is 0 Å². The first kappa shape index (κ1) is 14.6. The molecule has 0 atom stereocenters. The maximum atomic E-state index is 12.3. The van der Waals surface area contributed by atoms with Crippen molar-refractivity contribution in [1.82, 2.24) is 4.90 Å². The van der Waals surface area contributed by atoms with Crippen molar-refractivity contribution < 1.29 is 19.1 Å². The van der Waals surface area contributed by atoms with Gasteiger partial charge in [0, 0.05) is 13.1 Å². The zero-order chi connectivity index (χ0) is 14.9. The molecule has 0 unspecified atom stereocenters. The smallest absolute Gasteiger partial charge is 0.371 e. The van der Waals surface area contributed by atoms with Gasteiger partial charge in [-0.1, -0.05) is 20.8 Å². The highest BCUT2D eigenvalue weighted by Gasteiger charge is 2.35. The zero-order valence-electron chi connectivity index (χ0n) is 12.2. The molecule has 1 aromatic rings. The normalized spacial score (nSPS) is 18.3. The summed E-state index contributed by atoms with van der Waals surface area (Å²) in [7, 11) is 0. The summed E-state index contributed by atoms with van der Waals surface area (Å²) in [5.74, 6) is -0.881. The average molecular weight is 279 g/mol. The van der Waals surface area contributed by atoms with Crippen LogP contribution in [0.5, 0.6) is 0 Å². The van der Waals surface area contributed by atoms with E-state index in [9.17, 15) is 9.59 Å². The molecule has 5 heteroatoms. The van der Waals surface area contributed by atoms with Crippen LogP contribution < -0.4 is 0 Å². The summed E-state index contributed by atoms with van der Waals surface area (Å²) in [6.45, 7) is 8.06. The van der Waals surface area contributed by atoms with Crippen molar-refractivity contribution in [3.63, 3.8) is 0 Å². The fraction of sp³-hybridized carbons (Fsp3) is 0.600. The lowest BCUT2D eigenvalue weighted by Crippen LogP contribution is -2.43. The van der Waals surface area contributed by atoms with Crippen LogP contribution in [0.4, 0.5) is 0 Å². The number of rotatable bonds is 3. The summed E-state index contributed by atoms with van der Waals surface area (Å²) in [5, 5.41) is 8.80. The van der Waals surface area contributed by atoms with Gasteiger partial charge in [-0.05, 0) is 36.3 Å². The molecule has 0 bridgehead atoms. The molecule has 1 aliphatic rings. The molecular formula is C15H21NO4. The lowest BCUT2D eigenvalue weighted by atomic mass is 9.72. The molecule has 0 aliphatic carbocycles. The number of carboxylic acid groups (broad SMARTS) is 1. The van der Waals surface area contributed by atoms with Crippen LogP contribution in [0.3, 0.4) is 0 Å². The number of furan rings is 1. The Morgan fingerprint density at radius 1 is 1.25 bits per heavy atom. The van der Waals surface area contributed by atoms with E-state index in [1.807, 2.05) is 0 Å². The highest BCUT2D eigenvalue weighted by molar-refractivity contribution is 5.93. The molecule has 2 rings (SSSR count). The number of likely N-dealkylation sites (tertiary alicyclic amines) is 1. The van der Waals surface area contributed by atoms with Gasteiger partial charge in [0.05, 0.1) is 0 Å². The Kier molecular flexibility index (Phi) is 3.88. The maximum Gasteiger partial charge on any atom is 0.371 e. The van der Waals surface area contributed by atoms with Gasteiger partial charge in [0.1, 0.15) is 0 Å². The number of carboxylic acids is 1. The third-order valence-electron chi connectivity index (χ3n) is 4.61. The van der Waals surface area contributed by atoms with Gasteiger partial charge in [0.25, 0.3) is 5.91 Å². The molecule has 5 nitrogen and oxygen atoms in total. The van der Waals surface area contributed by atoms with Crippen LogP contribution in [0, 0.1) is 11.3 Å². The first-order chi connectivity index (χ1) is 9.33. The predicted molar refractivity (Wildman–Crippen MR) is 73.7 cm³/mol. The molecular weight excluding hydrogens is 258 g/mol. The Balaban J connectivity index is 2.03. The van der Waals surface area contributed by atoms with Crippen molar-refractivity contribution in [2.45, 2.75) is 33.6 Å². The zero-order valence-corrected chi connectivity index (χ0v) is 12.2. The molecule has 1 fully saturated rings. The Morgan fingerprint density at radius 2 is 1.80 bits per heavy atom. The minimum absolute atomic E-state index is 0.107. The van der Waals surface area contributed by atoms with E-state index in [1.165, 1.54) is 12.1 Å². The van der Waals surface area contributed by atoms with E-state index >= 15 is 0 Å². The van der Waals surface area contributed by atoms with Crippen molar-refractivity contribution in [3.8, 4) is 0 Å². The Bertz CT molecular complexity index is 510. The lowest BCUT2D eigenvalue weighted by molar-refractivity contribution is 0.0477. The van der Waals surface area contributed by atoms with E-state index in [-0.39, 0.29) is 22.8 Å². The SMILES string of the molecule is CC(C)C1(C)CCN(C(=O)c2ccc(C(=O)O)o2)CC1. The molecule has 0 saturated carbocycles. The molecule has 0 spiro atoms. The molecule has 0 radical (unpaired) electrons. The van der Waals surface area contributed by atoms with Gasteiger partial charge in [-0.15, -0.1) is 0 Å². The minimum Gasteiger partial charge on any atom is -0.475 e. The average Bonchev–Trinajstić information content (AvgIpc) is 2.88. The van der Waals surface area contributed by atoms with E-state index in [2.05, 4.69) is 20.8 Å². The number of carbonyl (C=O) groups excluding carboxylic acids is 1. The van der Waals surface area contributed by atoms with E-state index in [0.29, 0.717) is 19.0 Å². The molecule has 1 aromatic heterocycles. The number of amides is 1. The molecule has 1 N–H and O–H groups in total. The monoisotopic (exact) mass is 279 g/mol. The second kappa shape index (κ2) is 5.31. The van der Waals surface area contributed by atoms with Crippen molar-refractivity contribution in [3.05, 3.63) is 23.7 Å². The number of hydrogen-bond acceptors (Lipinski definition) is 3. The van der Waals surface area contributed by atoms with Crippen LogP contribution in [0.1, 0.15) is 54.7 Å². The minimum atomic E-state index is -1.16. The summed E-state index contributed by atoms with van der Waals surface area (Å²) in [6, 6.07) is 2.75. The largest absolute Gasteiger partial charge is 0.475 e. The molecule has 110 valence electrons. The van der Waals surface area contributed by atoms with E-state index in [1.54, 1.807) is 4.90 Å². The molecule has 1 aliphatic heterocycles. The van der Waals surface area contributed by atoms with Crippen molar-refractivity contribution in [2.75, 3.05) is 13.1 Å². The first-order valence-corrected chi connectivity index (χ1v) is 6.96. The van der Waals surface area contributed by atoms with Crippen LogP contribution in [-0.2, 0) is 0 Å². The summed E-state index contributed by atoms with van der Waals surface area (Å²) in [4.78, 5) is 24.8. The second-order valence-electron chi connectivity index (χ2n) is 6.07. The number of nitrogens with zero attached hydrogens (tertiary/aromatic N) is 1. The number of piperidine rings is 1. The standard InChI is InChI=1S/C15H21NO4/c1-10(2)15(3)6-8-16(9-7-15)13(17)11-4-5-12(20-11)14(18)19/h4-5,10H,6-9H2,1-3H3,(H,18,19). The maximum absolute atomic E-state index is 12.3. The van der Waals surface area contributed by atoms with Gasteiger partial charge in [0.2, 0.25) is 5.76 Å². The predicted octanol–water partition coefficient (Wildman–Crippen LogP) is 2.88. The third kappa shape index (κ3) is 2.71. The number of hydrogen-bond donors (Lipinski definition) is 1. The quantitative estimate of drug-likeness (QED) is 0.923. The molecule has 0 aromatic carbocycles. The fourth-order valence-electron chi connectivity index (χ4n) is 2.52. The van der Waals surface area contributed by atoms with Gasteiger partial charge >= 0.3 is 5.97 Å². The summed E-state index contributed by atoms with van der Waals surface area (Å²) in [6.07, 6.45) is 1.92. The van der Waals surface area contributed by atoms with Gasteiger partial charge in [-0.25, -0.2) is 4.79 Å². The summed E-state index contributed by atoms with van der Waals surface area (Å²) in [5.41, 5.74) is 0.270. The second-order valence-corrected chi connectivity index (χ2v) is 6.07. The summed E-state index contributed by atoms with van der Waals surface area (Å²) >= 11 is 0. The topological polar surface area (TPSA) is 70.8 Å². The van der Waals surface area contributed by atoms with E-state index in [4.69, 9.17) is 9.52 Å². The van der Waals surface area contributed by atoms with Gasteiger partial charge < -0.3 is 14.4 Å². The third-order valence-corrected chi connectivity index (χ3v) is 4.61. The van der Waals surface area contributed by atoms with Gasteiger partial charge in [-0.3, -0.25) is 4.79 Å². The molecule has 1 amide bonds. The van der Waals surface area contributed by atoms with Crippen LogP contribution in [0.2, 0.25) is 0 Å². The number of carbonyl (C=O) groups is 2. The van der Waals surface area contributed by atoms with Crippen molar-refractivity contribution in [2.24, 2.45) is 11.3 Å². The fourth-order valence-corrected chi connectivity index (χ4v) is 2.52. The Labute approximate surface area is 118 Å². The number of aromatic carboxylic acids is 1. The molecule has 20 heavy (non-hydrogen) atoms. The Morgan fingerprint density at radius 3 is 2.25 bits per heavy atom. The van der Waals surface area contributed by atoms with Crippen LogP contribution in [0.15, 0.2) is 16.5 Å². The summed E-state index contributed by atoms with van der Waals surface area (Å²) < 4.78 is 5.07. The molecule has 2 heterocycles. The van der Waals surface area contributed by atoms with Crippen molar-refractivity contribution >= 4 is 11.9 Å². The molecule has 1 saturated heterocycles.